The summed E-state index contributed by atoms with van der Waals surface area (Å²) >= 11 is 5.93. The van der Waals surface area contributed by atoms with E-state index in [2.05, 4.69) is 20.9 Å². The molecule has 12 nitrogen and oxygen atoms in total. The van der Waals surface area contributed by atoms with E-state index in [4.69, 9.17) is 11.6 Å². The highest BCUT2D eigenvalue weighted by molar-refractivity contribution is 6.32. The zero-order valence-corrected chi connectivity index (χ0v) is 21.6. The molecule has 2 amide bonds. The predicted molar refractivity (Wildman–Crippen MR) is 148 cm³/mol. The van der Waals surface area contributed by atoms with Gasteiger partial charge in [0.1, 0.15) is 5.02 Å². The molecule has 2 aliphatic rings. The molecule has 0 radical (unpaired) electrons. The number of carboxylic acids is 1. The van der Waals surface area contributed by atoms with Crippen molar-refractivity contribution < 1.29 is 24.4 Å². The molecule has 1 atom stereocenters. The van der Waals surface area contributed by atoms with Crippen molar-refractivity contribution in [2.75, 3.05) is 23.7 Å². The van der Waals surface area contributed by atoms with Crippen molar-refractivity contribution in [1.82, 2.24) is 10.2 Å². The van der Waals surface area contributed by atoms with Gasteiger partial charge in [0.05, 0.1) is 23.9 Å². The summed E-state index contributed by atoms with van der Waals surface area (Å²) in [4.78, 5) is 54.4. The molecule has 204 valence electrons. The molecule has 13 heteroatoms. The summed E-state index contributed by atoms with van der Waals surface area (Å²) in [6.45, 7) is 1.52. The second-order valence-corrected chi connectivity index (χ2v) is 9.61. The molecule has 3 aromatic carbocycles. The van der Waals surface area contributed by atoms with Crippen molar-refractivity contribution in [3.05, 3.63) is 98.1 Å². The Hall–Kier alpha value is -4.97. The van der Waals surface area contributed by atoms with Crippen LogP contribution in [0.2, 0.25) is 5.02 Å². The summed E-state index contributed by atoms with van der Waals surface area (Å²) in [5, 5.41) is 29.8. The fourth-order valence-electron chi connectivity index (χ4n) is 4.66. The minimum Gasteiger partial charge on any atom is -0.481 e. The molecular weight excluding hydrogens is 540 g/mol. The van der Waals surface area contributed by atoms with Crippen LogP contribution in [0.5, 0.6) is 0 Å². The Morgan fingerprint density at radius 3 is 2.70 bits per heavy atom. The Morgan fingerprint density at radius 2 is 1.98 bits per heavy atom. The highest BCUT2D eigenvalue weighted by Crippen LogP contribution is 2.37. The van der Waals surface area contributed by atoms with Crippen LogP contribution < -0.4 is 16.0 Å². The molecule has 0 saturated heterocycles. The van der Waals surface area contributed by atoms with Gasteiger partial charge in [-0.25, -0.2) is 0 Å². The number of aliphatic imine (C=N–C) groups is 1. The minimum atomic E-state index is -1.17. The lowest BCUT2D eigenvalue weighted by atomic mass is 10.0. The number of amides is 2. The fraction of sp³-hybridized carbons (Fsp3) is 0.185. The van der Waals surface area contributed by atoms with Crippen molar-refractivity contribution in [1.29, 1.82) is 0 Å². The number of aliphatic carboxylic acids is 1. The van der Waals surface area contributed by atoms with Crippen LogP contribution in [-0.2, 0) is 11.3 Å². The van der Waals surface area contributed by atoms with Crippen LogP contribution in [0.25, 0.3) is 0 Å². The number of benzene rings is 3. The van der Waals surface area contributed by atoms with Crippen molar-refractivity contribution in [3.8, 4) is 0 Å². The lowest BCUT2D eigenvalue weighted by Crippen LogP contribution is -2.31. The van der Waals surface area contributed by atoms with Crippen molar-refractivity contribution in [2.45, 2.75) is 19.0 Å². The second kappa shape index (κ2) is 11.0. The summed E-state index contributed by atoms with van der Waals surface area (Å²) in [5.41, 5.74) is 2.30. The third-order valence-electron chi connectivity index (χ3n) is 6.56. The van der Waals surface area contributed by atoms with Gasteiger partial charge in [0.25, 0.3) is 17.5 Å². The van der Waals surface area contributed by atoms with Crippen LogP contribution in [0.15, 0.2) is 65.7 Å². The maximum absolute atomic E-state index is 13.4. The number of halogens is 1. The molecule has 0 bridgehead atoms. The molecule has 0 aliphatic carbocycles. The van der Waals surface area contributed by atoms with Crippen molar-refractivity contribution in [2.24, 2.45) is 4.99 Å². The van der Waals surface area contributed by atoms with Crippen LogP contribution in [0, 0.1) is 10.1 Å². The lowest BCUT2D eigenvalue weighted by Gasteiger charge is -2.27. The number of nitro groups is 1. The largest absolute Gasteiger partial charge is 0.481 e. The summed E-state index contributed by atoms with van der Waals surface area (Å²) < 4.78 is 0. The number of nitrogens with one attached hydrogen (secondary N) is 3. The number of hydrogen-bond acceptors (Lipinski definition) is 8. The van der Waals surface area contributed by atoms with E-state index >= 15 is 0 Å². The van der Waals surface area contributed by atoms with Gasteiger partial charge in [-0.15, -0.1) is 0 Å². The first-order valence-electron chi connectivity index (χ1n) is 12.3. The van der Waals surface area contributed by atoms with Crippen LogP contribution in [0.4, 0.5) is 17.1 Å². The molecule has 2 aliphatic heterocycles. The number of hydrogen-bond donors (Lipinski definition) is 4. The van der Waals surface area contributed by atoms with Crippen LogP contribution in [-0.4, -0.2) is 51.8 Å². The van der Waals surface area contributed by atoms with E-state index in [1.54, 1.807) is 30.3 Å². The Kier molecular flexibility index (Phi) is 7.34. The van der Waals surface area contributed by atoms with E-state index in [9.17, 15) is 29.6 Å². The Balaban J connectivity index is 1.35. The molecule has 0 aromatic heterocycles. The highest BCUT2D eigenvalue weighted by Gasteiger charge is 2.35. The third-order valence-corrected chi connectivity index (χ3v) is 6.88. The van der Waals surface area contributed by atoms with Gasteiger partial charge in [-0.2, -0.15) is 0 Å². The highest BCUT2D eigenvalue weighted by atomic mass is 35.5. The maximum Gasteiger partial charge on any atom is 0.305 e. The van der Waals surface area contributed by atoms with Gasteiger partial charge >= 0.3 is 5.97 Å². The molecule has 3 aromatic rings. The monoisotopic (exact) mass is 562 g/mol. The number of carbonyl (C=O) groups is 3. The summed E-state index contributed by atoms with van der Waals surface area (Å²) in [5.74, 6) is -1.38. The maximum atomic E-state index is 13.4. The molecule has 1 unspecified atom stereocenters. The molecule has 2 heterocycles. The van der Waals surface area contributed by atoms with Gasteiger partial charge in [-0.05, 0) is 47.5 Å². The molecule has 40 heavy (non-hydrogen) atoms. The number of anilines is 2. The van der Waals surface area contributed by atoms with E-state index in [0.717, 1.165) is 6.54 Å². The number of carboxylic acid groups (broad SMARTS) is 1. The Morgan fingerprint density at radius 1 is 1.15 bits per heavy atom. The number of fused-ring (bicyclic) bond motifs is 1. The third kappa shape index (κ3) is 5.57. The number of carbonyl (C=O) groups excluding carboxylic acids is 2. The molecule has 0 spiro atoms. The molecular formula is C27H23ClN6O6. The standard InChI is InChI=1S/C27H23ClN6O6/c28-21-7-5-15(11-23(21)34(39)40)22(13-24(35)36)33-14-17-4-6-19(12-20(17)26(33)38)31-25(37)16-2-1-3-18(10-16)32-27-29-8-9-30-27/h1-7,10-12,22H,8-9,13-14H2,(H,31,37)(H,35,36)(H2,29,30,32). The fourth-order valence-corrected chi connectivity index (χ4v) is 4.85. The first kappa shape index (κ1) is 26.6. The second-order valence-electron chi connectivity index (χ2n) is 9.20. The average Bonchev–Trinajstić information content (AvgIpc) is 3.55. The summed E-state index contributed by atoms with van der Waals surface area (Å²) in [7, 11) is 0. The van der Waals surface area contributed by atoms with E-state index in [1.807, 2.05) is 6.07 Å². The lowest BCUT2D eigenvalue weighted by molar-refractivity contribution is -0.384. The first-order chi connectivity index (χ1) is 19.2. The number of rotatable bonds is 8. The van der Waals surface area contributed by atoms with Gasteiger partial charge in [0.15, 0.2) is 5.96 Å². The van der Waals surface area contributed by atoms with Gasteiger partial charge < -0.3 is 26.0 Å². The van der Waals surface area contributed by atoms with Crippen molar-refractivity contribution in [3.63, 3.8) is 0 Å². The Bertz CT molecular complexity index is 1570. The van der Waals surface area contributed by atoms with Crippen LogP contribution in [0.1, 0.15) is 44.3 Å². The smallest absolute Gasteiger partial charge is 0.305 e. The quantitative estimate of drug-likeness (QED) is 0.236. The van der Waals surface area contributed by atoms with Crippen LogP contribution >= 0.6 is 11.6 Å². The molecule has 0 fully saturated rings. The van der Waals surface area contributed by atoms with Gasteiger partial charge in [-0.3, -0.25) is 29.5 Å². The average molecular weight is 563 g/mol. The van der Waals surface area contributed by atoms with Gasteiger partial charge in [0, 0.05) is 41.7 Å². The van der Waals surface area contributed by atoms with E-state index in [0.29, 0.717) is 40.6 Å². The number of nitrogens with zero attached hydrogens (tertiary/aromatic N) is 3. The summed E-state index contributed by atoms with van der Waals surface area (Å²) in [6.07, 6.45) is -0.464. The SMILES string of the molecule is O=C(O)CC(c1ccc(Cl)c([N+](=O)[O-])c1)N1Cc2ccc(NC(=O)c3cccc(NC4=NCCN4)c3)cc2C1=O. The van der Waals surface area contributed by atoms with E-state index in [-0.39, 0.29) is 28.7 Å². The minimum absolute atomic E-state index is 0.0930. The zero-order valence-electron chi connectivity index (χ0n) is 20.9. The Labute approximate surface area is 232 Å². The normalized spacial score (nSPS) is 14.7. The molecule has 0 saturated carbocycles. The van der Waals surface area contributed by atoms with Gasteiger partial charge in [0.2, 0.25) is 0 Å². The van der Waals surface area contributed by atoms with Gasteiger partial charge in [-0.1, -0.05) is 29.8 Å². The summed E-state index contributed by atoms with van der Waals surface area (Å²) in [6, 6.07) is 14.8. The van der Waals surface area contributed by atoms with Crippen LogP contribution in [0.3, 0.4) is 0 Å². The molecule has 5 rings (SSSR count). The van der Waals surface area contributed by atoms with Crippen molar-refractivity contribution >= 4 is 52.4 Å². The topological polar surface area (TPSA) is 166 Å². The zero-order chi connectivity index (χ0) is 28.4. The number of guanidine groups is 1. The van der Waals surface area contributed by atoms with E-state index < -0.39 is 29.3 Å². The molecule has 4 N–H and O–H groups in total. The predicted octanol–water partition coefficient (Wildman–Crippen LogP) is 4.04. The number of nitro benzene ring substituents is 1. The van der Waals surface area contributed by atoms with E-state index in [1.165, 1.54) is 29.2 Å². The first-order valence-corrected chi connectivity index (χ1v) is 12.6.